The fourth-order valence-corrected chi connectivity index (χ4v) is 1.92. The Bertz CT molecular complexity index is 771. The van der Waals surface area contributed by atoms with Crippen LogP contribution >= 0.6 is 0 Å². The maximum atomic E-state index is 12.8. The number of carbonyl (C=O) groups is 1. The van der Waals surface area contributed by atoms with Gasteiger partial charge in [-0.1, -0.05) is 0 Å². The molecule has 7 heteroatoms. The number of hydrogen-bond acceptors (Lipinski definition) is 4. The standard InChI is InChI=1S/C16H13FN4O2/c17-12-1-7-15(8-2-12)23-9-16(22)20-13-3-5-14(6-4-13)21-11-18-10-19-21/h1-8,10-11H,9H2,(H,20,22). The minimum atomic E-state index is -0.353. The Morgan fingerprint density at radius 2 is 1.87 bits per heavy atom. The van der Waals surface area contributed by atoms with E-state index in [-0.39, 0.29) is 18.3 Å². The third-order valence-corrected chi connectivity index (χ3v) is 3.02. The summed E-state index contributed by atoms with van der Waals surface area (Å²) in [6, 6.07) is 12.6. The van der Waals surface area contributed by atoms with Gasteiger partial charge in [-0.2, -0.15) is 5.10 Å². The number of amides is 1. The van der Waals surface area contributed by atoms with Crippen LogP contribution in [0.4, 0.5) is 10.1 Å². The third-order valence-electron chi connectivity index (χ3n) is 3.02. The first-order valence-electron chi connectivity index (χ1n) is 6.84. The van der Waals surface area contributed by atoms with Gasteiger partial charge in [0.15, 0.2) is 6.61 Å². The lowest BCUT2D eigenvalue weighted by Gasteiger charge is -2.08. The number of carbonyl (C=O) groups excluding carboxylic acids is 1. The zero-order chi connectivity index (χ0) is 16.1. The van der Waals surface area contributed by atoms with Gasteiger partial charge in [0.2, 0.25) is 0 Å². The first kappa shape index (κ1) is 14.7. The smallest absolute Gasteiger partial charge is 0.262 e. The average molecular weight is 312 g/mol. The lowest BCUT2D eigenvalue weighted by Crippen LogP contribution is -2.20. The van der Waals surface area contributed by atoms with Gasteiger partial charge >= 0.3 is 0 Å². The summed E-state index contributed by atoms with van der Waals surface area (Å²) in [6.07, 6.45) is 3.03. The molecule has 0 saturated heterocycles. The molecule has 1 heterocycles. The van der Waals surface area contributed by atoms with Crippen molar-refractivity contribution in [2.75, 3.05) is 11.9 Å². The van der Waals surface area contributed by atoms with Gasteiger partial charge in [0.25, 0.3) is 5.91 Å². The van der Waals surface area contributed by atoms with Crippen molar-refractivity contribution in [3.63, 3.8) is 0 Å². The Balaban J connectivity index is 1.54. The second kappa shape index (κ2) is 6.69. The molecule has 0 bridgehead atoms. The van der Waals surface area contributed by atoms with Crippen molar-refractivity contribution in [2.24, 2.45) is 0 Å². The molecule has 2 aromatic carbocycles. The summed E-state index contributed by atoms with van der Waals surface area (Å²) in [4.78, 5) is 15.7. The van der Waals surface area contributed by atoms with E-state index in [1.165, 1.54) is 30.6 Å². The van der Waals surface area contributed by atoms with Crippen molar-refractivity contribution in [1.29, 1.82) is 0 Å². The molecule has 23 heavy (non-hydrogen) atoms. The molecule has 0 spiro atoms. The van der Waals surface area contributed by atoms with Crippen molar-refractivity contribution in [3.8, 4) is 11.4 Å². The molecule has 1 N–H and O–H groups in total. The van der Waals surface area contributed by atoms with E-state index >= 15 is 0 Å². The van der Waals surface area contributed by atoms with Gasteiger partial charge in [0, 0.05) is 5.69 Å². The van der Waals surface area contributed by atoms with E-state index in [1.54, 1.807) is 23.1 Å². The fraction of sp³-hybridized carbons (Fsp3) is 0.0625. The van der Waals surface area contributed by atoms with Crippen molar-refractivity contribution >= 4 is 11.6 Å². The second-order valence-electron chi connectivity index (χ2n) is 4.68. The molecule has 1 aromatic heterocycles. The number of benzene rings is 2. The molecule has 0 unspecified atom stereocenters. The monoisotopic (exact) mass is 312 g/mol. The number of nitrogens with one attached hydrogen (secondary N) is 1. The van der Waals surface area contributed by atoms with E-state index < -0.39 is 0 Å². The third kappa shape index (κ3) is 3.91. The molecule has 0 aliphatic heterocycles. The molecule has 0 aliphatic rings. The highest BCUT2D eigenvalue weighted by atomic mass is 19.1. The minimum absolute atomic E-state index is 0.156. The minimum Gasteiger partial charge on any atom is -0.484 e. The van der Waals surface area contributed by atoms with Crippen LogP contribution in [-0.4, -0.2) is 27.3 Å². The maximum Gasteiger partial charge on any atom is 0.262 e. The van der Waals surface area contributed by atoms with Gasteiger partial charge in [-0.25, -0.2) is 14.1 Å². The van der Waals surface area contributed by atoms with E-state index in [4.69, 9.17) is 4.74 Å². The SMILES string of the molecule is O=C(COc1ccc(F)cc1)Nc1ccc(-n2cncn2)cc1. The second-order valence-corrected chi connectivity index (χ2v) is 4.68. The summed E-state index contributed by atoms with van der Waals surface area (Å²) in [5, 5.41) is 6.73. The van der Waals surface area contributed by atoms with Gasteiger partial charge in [0.05, 0.1) is 5.69 Å². The molecular weight excluding hydrogens is 299 g/mol. The van der Waals surface area contributed by atoms with Crippen LogP contribution in [0.15, 0.2) is 61.2 Å². The van der Waals surface area contributed by atoms with Gasteiger partial charge < -0.3 is 10.1 Å². The molecule has 3 aromatic rings. The first-order valence-corrected chi connectivity index (χ1v) is 6.84. The van der Waals surface area contributed by atoms with Crippen molar-refractivity contribution in [2.45, 2.75) is 0 Å². The van der Waals surface area contributed by atoms with Crippen LogP contribution in [0.2, 0.25) is 0 Å². The highest BCUT2D eigenvalue weighted by Gasteiger charge is 2.05. The first-order chi connectivity index (χ1) is 11.2. The molecule has 0 saturated carbocycles. The van der Waals surface area contributed by atoms with Crippen LogP contribution in [0.1, 0.15) is 0 Å². The maximum absolute atomic E-state index is 12.8. The predicted molar refractivity (Wildman–Crippen MR) is 81.9 cm³/mol. The Morgan fingerprint density at radius 1 is 1.13 bits per heavy atom. The van der Waals surface area contributed by atoms with E-state index in [0.29, 0.717) is 11.4 Å². The van der Waals surface area contributed by atoms with Gasteiger partial charge in [0.1, 0.15) is 24.2 Å². The Morgan fingerprint density at radius 3 is 2.52 bits per heavy atom. The largest absolute Gasteiger partial charge is 0.484 e. The Hall–Kier alpha value is -3.22. The van der Waals surface area contributed by atoms with Crippen molar-refractivity contribution in [1.82, 2.24) is 14.8 Å². The molecule has 0 atom stereocenters. The van der Waals surface area contributed by atoms with Crippen molar-refractivity contribution < 1.29 is 13.9 Å². The number of hydrogen-bond donors (Lipinski definition) is 1. The van der Waals surface area contributed by atoms with Crippen LogP contribution in [0.5, 0.6) is 5.75 Å². The van der Waals surface area contributed by atoms with Gasteiger partial charge in [-0.15, -0.1) is 0 Å². The summed E-state index contributed by atoms with van der Waals surface area (Å²) in [5.41, 5.74) is 1.48. The summed E-state index contributed by atoms with van der Waals surface area (Å²) in [6.45, 7) is -0.156. The molecule has 0 aliphatic carbocycles. The quantitative estimate of drug-likeness (QED) is 0.785. The number of halogens is 1. The number of ether oxygens (including phenoxy) is 1. The summed E-state index contributed by atoms with van der Waals surface area (Å²) in [5.74, 6) is -0.222. The number of anilines is 1. The molecule has 3 rings (SSSR count). The molecular formula is C16H13FN4O2. The van der Waals surface area contributed by atoms with Gasteiger partial charge in [-0.05, 0) is 48.5 Å². The average Bonchev–Trinajstić information content (AvgIpc) is 3.09. The molecule has 0 fully saturated rings. The normalized spacial score (nSPS) is 10.3. The lowest BCUT2D eigenvalue weighted by molar-refractivity contribution is -0.118. The van der Waals surface area contributed by atoms with Gasteiger partial charge in [-0.3, -0.25) is 4.79 Å². The molecule has 116 valence electrons. The van der Waals surface area contributed by atoms with Crippen molar-refractivity contribution in [3.05, 3.63) is 67.0 Å². The topological polar surface area (TPSA) is 69.0 Å². The van der Waals surface area contributed by atoms with Crippen LogP contribution in [-0.2, 0) is 4.79 Å². The lowest BCUT2D eigenvalue weighted by atomic mass is 10.3. The Labute approximate surface area is 131 Å². The Kier molecular flexibility index (Phi) is 4.28. The summed E-state index contributed by atoms with van der Waals surface area (Å²) >= 11 is 0. The van der Waals surface area contributed by atoms with E-state index in [9.17, 15) is 9.18 Å². The number of nitrogens with zero attached hydrogens (tertiary/aromatic N) is 3. The summed E-state index contributed by atoms with van der Waals surface area (Å²) < 4.78 is 19.7. The zero-order valence-electron chi connectivity index (χ0n) is 12.0. The van der Waals surface area contributed by atoms with Crippen LogP contribution in [0, 0.1) is 5.82 Å². The number of aromatic nitrogens is 3. The predicted octanol–water partition coefficient (Wildman–Crippen LogP) is 2.42. The van der Waals surface area contributed by atoms with Crippen LogP contribution in [0.3, 0.4) is 0 Å². The highest BCUT2D eigenvalue weighted by Crippen LogP contribution is 2.13. The van der Waals surface area contributed by atoms with Crippen LogP contribution in [0.25, 0.3) is 5.69 Å². The molecule has 0 radical (unpaired) electrons. The molecule has 6 nitrogen and oxygen atoms in total. The van der Waals surface area contributed by atoms with E-state index in [0.717, 1.165) is 5.69 Å². The molecule has 1 amide bonds. The number of rotatable bonds is 5. The zero-order valence-corrected chi connectivity index (χ0v) is 12.0. The van der Waals surface area contributed by atoms with E-state index in [2.05, 4.69) is 15.4 Å². The van der Waals surface area contributed by atoms with Crippen LogP contribution < -0.4 is 10.1 Å². The van der Waals surface area contributed by atoms with E-state index in [1.807, 2.05) is 12.1 Å². The highest BCUT2D eigenvalue weighted by molar-refractivity contribution is 5.91. The fourth-order valence-electron chi connectivity index (χ4n) is 1.92. The summed E-state index contributed by atoms with van der Waals surface area (Å²) in [7, 11) is 0.